The van der Waals surface area contributed by atoms with E-state index < -0.39 is 22.4 Å². The molecule has 2 saturated carbocycles. The molecule has 0 aromatic heterocycles. The van der Waals surface area contributed by atoms with Gasteiger partial charge in [-0.1, -0.05) is 12.8 Å². The van der Waals surface area contributed by atoms with Crippen molar-refractivity contribution >= 4 is 0 Å². The SMILES string of the molecule is O=[N+]([O-])OC1CCCC2(O)CCCCC12O. The van der Waals surface area contributed by atoms with Crippen molar-refractivity contribution in [2.75, 3.05) is 0 Å². The lowest BCUT2D eigenvalue weighted by molar-refractivity contribution is -0.774. The van der Waals surface area contributed by atoms with Crippen LogP contribution in [0.5, 0.6) is 0 Å². The Morgan fingerprint density at radius 3 is 2.50 bits per heavy atom. The first-order valence-corrected chi connectivity index (χ1v) is 5.74. The monoisotopic (exact) mass is 231 g/mol. The molecule has 0 spiro atoms. The minimum atomic E-state index is -1.45. The molecule has 0 aliphatic heterocycles. The zero-order chi connectivity index (χ0) is 11.8. The molecular formula is C10H17NO5. The van der Waals surface area contributed by atoms with Gasteiger partial charge in [0.25, 0.3) is 5.09 Å². The van der Waals surface area contributed by atoms with Gasteiger partial charge in [-0.05, 0) is 32.1 Å². The minimum absolute atomic E-state index is 0.377. The van der Waals surface area contributed by atoms with E-state index >= 15 is 0 Å². The molecule has 0 amide bonds. The molecule has 2 N–H and O–H groups in total. The molecule has 0 bridgehead atoms. The van der Waals surface area contributed by atoms with Crippen molar-refractivity contribution in [2.24, 2.45) is 0 Å². The van der Waals surface area contributed by atoms with Crippen LogP contribution >= 0.6 is 0 Å². The first kappa shape index (κ1) is 11.6. The van der Waals surface area contributed by atoms with Crippen LogP contribution in [0.2, 0.25) is 0 Å². The molecule has 6 heteroatoms. The van der Waals surface area contributed by atoms with Crippen LogP contribution in [0.15, 0.2) is 0 Å². The predicted octanol–water partition coefficient (Wildman–Crippen LogP) is 0.783. The number of hydrogen-bond acceptors (Lipinski definition) is 5. The fraction of sp³-hybridized carbons (Fsp3) is 1.00. The summed E-state index contributed by atoms with van der Waals surface area (Å²) >= 11 is 0. The van der Waals surface area contributed by atoms with Crippen LogP contribution < -0.4 is 0 Å². The summed E-state index contributed by atoms with van der Waals surface area (Å²) < 4.78 is 0. The summed E-state index contributed by atoms with van der Waals surface area (Å²) in [4.78, 5) is 14.9. The maximum atomic E-state index is 10.5. The molecule has 2 aliphatic carbocycles. The number of hydrogen-bond donors (Lipinski definition) is 2. The Morgan fingerprint density at radius 1 is 1.19 bits per heavy atom. The number of rotatable bonds is 2. The average Bonchev–Trinajstić information content (AvgIpc) is 2.20. The first-order chi connectivity index (χ1) is 7.48. The van der Waals surface area contributed by atoms with Crippen LogP contribution in [0, 0.1) is 10.1 Å². The highest BCUT2D eigenvalue weighted by molar-refractivity contribution is 5.09. The van der Waals surface area contributed by atoms with Gasteiger partial charge in [0.2, 0.25) is 0 Å². The molecule has 2 aliphatic rings. The van der Waals surface area contributed by atoms with E-state index in [1.165, 1.54) is 0 Å². The standard InChI is InChI=1S/C10H17NO5/c12-9-5-1-2-7-10(9,13)8(4-3-6-9)16-11(14)15/h8,12-13H,1-7H2. The summed E-state index contributed by atoms with van der Waals surface area (Å²) in [7, 11) is 0. The Morgan fingerprint density at radius 2 is 1.81 bits per heavy atom. The molecule has 0 heterocycles. The van der Waals surface area contributed by atoms with Crippen LogP contribution in [0.3, 0.4) is 0 Å². The van der Waals surface area contributed by atoms with Crippen LogP contribution in [-0.4, -0.2) is 32.6 Å². The molecule has 2 rings (SSSR count). The van der Waals surface area contributed by atoms with Crippen molar-refractivity contribution in [2.45, 2.75) is 62.3 Å². The van der Waals surface area contributed by atoms with Crippen molar-refractivity contribution in [1.82, 2.24) is 0 Å². The Bertz CT molecular complexity index is 293. The third-order valence-corrected chi connectivity index (χ3v) is 4.01. The molecule has 0 saturated heterocycles. The van der Waals surface area contributed by atoms with Gasteiger partial charge in [-0.2, -0.15) is 0 Å². The van der Waals surface area contributed by atoms with Gasteiger partial charge in [-0.15, -0.1) is 10.1 Å². The predicted molar refractivity (Wildman–Crippen MR) is 54.1 cm³/mol. The van der Waals surface area contributed by atoms with Crippen molar-refractivity contribution in [3.63, 3.8) is 0 Å². The van der Waals surface area contributed by atoms with Gasteiger partial charge in [-0.25, -0.2) is 0 Å². The third-order valence-electron chi connectivity index (χ3n) is 4.01. The van der Waals surface area contributed by atoms with Gasteiger partial charge in [0.15, 0.2) is 0 Å². The number of aliphatic hydroxyl groups is 2. The summed E-state index contributed by atoms with van der Waals surface area (Å²) in [6.45, 7) is 0. The van der Waals surface area contributed by atoms with Crippen molar-refractivity contribution in [1.29, 1.82) is 0 Å². The fourth-order valence-corrected chi connectivity index (χ4v) is 3.13. The van der Waals surface area contributed by atoms with Gasteiger partial charge < -0.3 is 15.1 Å². The normalized spacial score (nSPS) is 43.5. The van der Waals surface area contributed by atoms with Gasteiger partial charge >= 0.3 is 0 Å². The smallest absolute Gasteiger partial charge is 0.294 e. The van der Waals surface area contributed by atoms with Crippen LogP contribution in [0.25, 0.3) is 0 Å². The van der Waals surface area contributed by atoms with Gasteiger partial charge in [0.05, 0.1) is 5.60 Å². The van der Waals surface area contributed by atoms with Gasteiger partial charge in [0.1, 0.15) is 11.7 Å². The lowest BCUT2D eigenvalue weighted by Gasteiger charge is -2.53. The zero-order valence-electron chi connectivity index (χ0n) is 9.09. The Kier molecular flexibility index (Phi) is 2.79. The highest BCUT2D eigenvalue weighted by Gasteiger charge is 2.58. The maximum Gasteiger partial charge on any atom is 0.294 e. The lowest BCUT2D eigenvalue weighted by Crippen LogP contribution is -2.65. The molecule has 0 aromatic carbocycles. The second-order valence-electron chi connectivity index (χ2n) is 4.87. The second kappa shape index (κ2) is 3.85. The summed E-state index contributed by atoms with van der Waals surface area (Å²) in [5.41, 5.74) is -2.65. The fourth-order valence-electron chi connectivity index (χ4n) is 3.13. The zero-order valence-corrected chi connectivity index (χ0v) is 9.09. The van der Waals surface area contributed by atoms with Crippen molar-refractivity contribution in [3.05, 3.63) is 10.1 Å². The Balaban J connectivity index is 2.22. The van der Waals surface area contributed by atoms with E-state index in [1.807, 2.05) is 0 Å². The summed E-state index contributed by atoms with van der Waals surface area (Å²) in [5.74, 6) is 0. The van der Waals surface area contributed by atoms with Crippen LogP contribution in [0.4, 0.5) is 0 Å². The topological polar surface area (TPSA) is 92.8 Å². The second-order valence-corrected chi connectivity index (χ2v) is 4.87. The van der Waals surface area contributed by atoms with E-state index in [0.29, 0.717) is 32.1 Å². The molecule has 0 aromatic rings. The Hall–Kier alpha value is -0.880. The van der Waals surface area contributed by atoms with Crippen molar-refractivity contribution in [3.8, 4) is 0 Å². The van der Waals surface area contributed by atoms with Gasteiger partial charge in [-0.3, -0.25) is 0 Å². The molecule has 6 nitrogen and oxygen atoms in total. The molecule has 3 atom stereocenters. The lowest BCUT2D eigenvalue weighted by atomic mass is 9.62. The molecule has 2 fully saturated rings. The van der Waals surface area contributed by atoms with E-state index in [0.717, 1.165) is 12.8 Å². The van der Waals surface area contributed by atoms with E-state index in [-0.39, 0.29) is 0 Å². The van der Waals surface area contributed by atoms with Gasteiger partial charge in [0, 0.05) is 0 Å². The largest absolute Gasteiger partial charge is 0.387 e. The molecular weight excluding hydrogens is 214 g/mol. The van der Waals surface area contributed by atoms with E-state index in [9.17, 15) is 20.3 Å². The van der Waals surface area contributed by atoms with Crippen LogP contribution in [0.1, 0.15) is 44.9 Å². The van der Waals surface area contributed by atoms with E-state index in [1.54, 1.807) is 0 Å². The first-order valence-electron chi connectivity index (χ1n) is 5.74. The third kappa shape index (κ3) is 1.66. The minimum Gasteiger partial charge on any atom is -0.387 e. The van der Waals surface area contributed by atoms with E-state index in [4.69, 9.17) is 0 Å². The number of fused-ring (bicyclic) bond motifs is 1. The maximum absolute atomic E-state index is 10.5. The highest BCUT2D eigenvalue weighted by Crippen LogP contribution is 2.47. The Labute approximate surface area is 93.3 Å². The molecule has 92 valence electrons. The van der Waals surface area contributed by atoms with E-state index in [2.05, 4.69) is 4.84 Å². The summed E-state index contributed by atoms with van der Waals surface area (Å²) in [6, 6.07) is 0. The summed E-state index contributed by atoms with van der Waals surface area (Å²) in [6.07, 6.45) is 3.20. The average molecular weight is 231 g/mol. The molecule has 0 radical (unpaired) electrons. The number of nitrogens with zero attached hydrogens (tertiary/aromatic N) is 1. The molecule has 3 unspecified atom stereocenters. The van der Waals surface area contributed by atoms with Crippen LogP contribution in [-0.2, 0) is 4.84 Å². The summed E-state index contributed by atoms with van der Waals surface area (Å²) in [5, 5.41) is 30.4. The highest BCUT2D eigenvalue weighted by atomic mass is 17.0. The quantitative estimate of drug-likeness (QED) is 0.541. The van der Waals surface area contributed by atoms with Crippen molar-refractivity contribution < 1.29 is 20.1 Å². The molecule has 16 heavy (non-hydrogen) atoms.